The number of para-hydroxylation sites is 2. The van der Waals surface area contributed by atoms with E-state index in [1.165, 1.54) is 4.90 Å². The molecule has 1 aliphatic rings. The van der Waals surface area contributed by atoms with Gasteiger partial charge in [-0.2, -0.15) is 0 Å². The van der Waals surface area contributed by atoms with E-state index in [-0.39, 0.29) is 31.4 Å². The number of hydrogen-bond acceptors (Lipinski definition) is 4. The van der Waals surface area contributed by atoms with Crippen LogP contribution in [0.3, 0.4) is 0 Å². The van der Waals surface area contributed by atoms with E-state index in [0.29, 0.717) is 11.4 Å². The Kier molecular flexibility index (Phi) is 5.11. The molecule has 0 saturated heterocycles. The Morgan fingerprint density at radius 1 is 0.897 bits per heavy atom. The Labute approximate surface area is 167 Å². The first-order chi connectivity index (χ1) is 14.1. The summed E-state index contributed by atoms with van der Waals surface area (Å²) in [7, 11) is 0. The minimum absolute atomic E-state index is 0.126. The average Bonchev–Trinajstić information content (AvgIpc) is 2.74. The van der Waals surface area contributed by atoms with Crippen molar-refractivity contribution in [2.24, 2.45) is 0 Å². The van der Waals surface area contributed by atoms with Gasteiger partial charge in [0.15, 0.2) is 6.61 Å². The molecule has 4 rings (SSSR count). The summed E-state index contributed by atoms with van der Waals surface area (Å²) in [6, 6.07) is 20.7. The minimum atomic E-state index is -0.498. The van der Waals surface area contributed by atoms with Crippen molar-refractivity contribution in [3.8, 4) is 5.75 Å². The van der Waals surface area contributed by atoms with Gasteiger partial charge >= 0.3 is 0 Å². The van der Waals surface area contributed by atoms with Crippen LogP contribution in [0.15, 0.2) is 66.7 Å². The predicted molar refractivity (Wildman–Crippen MR) is 108 cm³/mol. The van der Waals surface area contributed by atoms with E-state index in [9.17, 15) is 14.4 Å². The molecule has 0 atom stereocenters. The summed E-state index contributed by atoms with van der Waals surface area (Å²) in [5.41, 5.74) is 6.13. The third-order valence-electron chi connectivity index (χ3n) is 4.63. The third-order valence-corrected chi connectivity index (χ3v) is 4.63. The quantitative estimate of drug-likeness (QED) is 0.668. The maximum absolute atomic E-state index is 12.2. The first kappa shape index (κ1) is 18.5. The highest BCUT2D eigenvalue weighted by atomic mass is 16.5. The van der Waals surface area contributed by atoms with Crippen LogP contribution in [-0.2, 0) is 20.8 Å². The van der Waals surface area contributed by atoms with E-state index in [0.717, 1.165) is 16.3 Å². The number of nitrogens with zero attached hydrogens (tertiary/aromatic N) is 1. The first-order valence-corrected chi connectivity index (χ1v) is 9.18. The maximum atomic E-state index is 12.2. The lowest BCUT2D eigenvalue weighted by molar-refractivity contribution is -0.129. The molecule has 0 bridgehead atoms. The number of carbonyl (C=O) groups is 3. The summed E-state index contributed by atoms with van der Waals surface area (Å²) in [5, 5.41) is 2.15. The first-order valence-electron chi connectivity index (χ1n) is 9.18. The van der Waals surface area contributed by atoms with Gasteiger partial charge in [0, 0.05) is 0 Å². The van der Waals surface area contributed by atoms with Crippen molar-refractivity contribution in [2.75, 3.05) is 18.1 Å². The molecule has 0 saturated carbocycles. The molecule has 0 aliphatic carbocycles. The predicted octanol–water partition coefficient (Wildman–Crippen LogP) is 1.96. The molecule has 3 aromatic rings. The Morgan fingerprint density at radius 3 is 2.48 bits per heavy atom. The number of anilines is 1. The molecule has 0 aromatic heterocycles. The number of amides is 3. The fourth-order valence-corrected chi connectivity index (χ4v) is 3.23. The summed E-state index contributed by atoms with van der Waals surface area (Å²) >= 11 is 0. The van der Waals surface area contributed by atoms with Crippen molar-refractivity contribution in [3.63, 3.8) is 0 Å². The molecule has 1 heterocycles. The standard InChI is InChI=1S/C22H19N3O4/c26-20(12-15-9-10-16-5-1-2-6-17(16)11-15)23-24-21(27)13-25-18-7-3-4-8-19(18)29-14-22(25)28/h1-11H,12-14H2,(H,23,26)(H,24,27). The molecule has 0 fully saturated rings. The molecule has 0 radical (unpaired) electrons. The van der Waals surface area contributed by atoms with Crippen LogP contribution in [-0.4, -0.2) is 30.9 Å². The Morgan fingerprint density at radius 2 is 1.62 bits per heavy atom. The van der Waals surface area contributed by atoms with Crippen LogP contribution in [0.5, 0.6) is 5.75 Å². The number of benzene rings is 3. The molecule has 1 aliphatic heterocycles. The lowest BCUT2D eigenvalue weighted by Crippen LogP contribution is -2.50. The Balaban J connectivity index is 1.33. The minimum Gasteiger partial charge on any atom is -0.482 e. The lowest BCUT2D eigenvalue weighted by Gasteiger charge is -2.28. The van der Waals surface area contributed by atoms with E-state index in [1.54, 1.807) is 24.3 Å². The van der Waals surface area contributed by atoms with Gasteiger partial charge in [-0.1, -0.05) is 54.6 Å². The normalized spacial score (nSPS) is 12.8. The van der Waals surface area contributed by atoms with Crippen molar-refractivity contribution in [3.05, 3.63) is 72.3 Å². The van der Waals surface area contributed by atoms with Crippen LogP contribution in [0.25, 0.3) is 10.8 Å². The maximum Gasteiger partial charge on any atom is 0.265 e. The van der Waals surface area contributed by atoms with Gasteiger partial charge in [-0.3, -0.25) is 30.1 Å². The number of ether oxygens (including phenoxy) is 1. The van der Waals surface area contributed by atoms with E-state index in [4.69, 9.17) is 4.74 Å². The van der Waals surface area contributed by atoms with E-state index in [1.807, 2.05) is 42.5 Å². The van der Waals surface area contributed by atoms with Gasteiger partial charge in [-0.05, 0) is 28.5 Å². The zero-order chi connectivity index (χ0) is 20.2. The molecule has 0 unspecified atom stereocenters. The lowest BCUT2D eigenvalue weighted by atomic mass is 10.1. The van der Waals surface area contributed by atoms with Gasteiger partial charge in [-0.15, -0.1) is 0 Å². The topological polar surface area (TPSA) is 87.7 Å². The molecular formula is C22H19N3O4. The highest BCUT2D eigenvalue weighted by Crippen LogP contribution is 2.31. The fourth-order valence-electron chi connectivity index (χ4n) is 3.23. The van der Waals surface area contributed by atoms with Crippen LogP contribution in [0.2, 0.25) is 0 Å². The Hall–Kier alpha value is -3.87. The van der Waals surface area contributed by atoms with E-state index < -0.39 is 5.91 Å². The van der Waals surface area contributed by atoms with Gasteiger partial charge < -0.3 is 4.74 Å². The molecular weight excluding hydrogens is 370 g/mol. The molecule has 3 amide bonds. The van der Waals surface area contributed by atoms with Crippen LogP contribution in [0.4, 0.5) is 5.69 Å². The summed E-state index contributed by atoms with van der Waals surface area (Å²) in [5.74, 6) is -0.620. The monoisotopic (exact) mass is 389 g/mol. The molecule has 29 heavy (non-hydrogen) atoms. The summed E-state index contributed by atoms with van der Waals surface area (Å²) < 4.78 is 5.35. The van der Waals surface area contributed by atoms with Gasteiger partial charge in [0.2, 0.25) is 5.91 Å². The number of rotatable bonds is 4. The van der Waals surface area contributed by atoms with Gasteiger partial charge in [0.1, 0.15) is 12.3 Å². The van der Waals surface area contributed by atoms with Gasteiger partial charge in [0.05, 0.1) is 12.1 Å². The number of carbonyl (C=O) groups excluding carboxylic acids is 3. The van der Waals surface area contributed by atoms with Crippen molar-refractivity contribution >= 4 is 34.2 Å². The molecule has 7 nitrogen and oxygen atoms in total. The van der Waals surface area contributed by atoms with Crippen LogP contribution in [0.1, 0.15) is 5.56 Å². The second-order valence-corrected chi connectivity index (χ2v) is 6.69. The van der Waals surface area contributed by atoms with Crippen molar-refractivity contribution in [1.29, 1.82) is 0 Å². The van der Waals surface area contributed by atoms with Crippen LogP contribution >= 0.6 is 0 Å². The molecule has 7 heteroatoms. The molecule has 146 valence electrons. The van der Waals surface area contributed by atoms with Crippen molar-refractivity contribution < 1.29 is 19.1 Å². The zero-order valence-electron chi connectivity index (χ0n) is 15.6. The van der Waals surface area contributed by atoms with Gasteiger partial charge in [0.25, 0.3) is 11.8 Å². The molecule has 3 aromatic carbocycles. The van der Waals surface area contributed by atoms with Crippen molar-refractivity contribution in [1.82, 2.24) is 10.9 Å². The fraction of sp³-hybridized carbons (Fsp3) is 0.136. The van der Waals surface area contributed by atoms with Crippen LogP contribution < -0.4 is 20.5 Å². The second-order valence-electron chi connectivity index (χ2n) is 6.69. The number of hydrazine groups is 1. The summed E-state index contributed by atoms with van der Waals surface area (Å²) in [6.07, 6.45) is 0.129. The highest BCUT2D eigenvalue weighted by molar-refractivity contribution is 6.02. The zero-order valence-corrected chi connectivity index (χ0v) is 15.6. The summed E-state index contributed by atoms with van der Waals surface area (Å²) in [4.78, 5) is 37.9. The summed E-state index contributed by atoms with van der Waals surface area (Å²) in [6.45, 7) is -0.339. The number of nitrogens with one attached hydrogen (secondary N) is 2. The third kappa shape index (κ3) is 4.19. The molecule has 2 N–H and O–H groups in total. The number of hydrogen-bond donors (Lipinski definition) is 2. The van der Waals surface area contributed by atoms with Gasteiger partial charge in [-0.25, -0.2) is 0 Å². The Bertz CT molecular complexity index is 1100. The van der Waals surface area contributed by atoms with E-state index >= 15 is 0 Å². The van der Waals surface area contributed by atoms with Crippen LogP contribution in [0, 0.1) is 0 Å². The molecule has 0 spiro atoms. The smallest absolute Gasteiger partial charge is 0.265 e. The average molecular weight is 389 g/mol. The van der Waals surface area contributed by atoms with E-state index in [2.05, 4.69) is 10.9 Å². The number of fused-ring (bicyclic) bond motifs is 2. The largest absolute Gasteiger partial charge is 0.482 e. The highest BCUT2D eigenvalue weighted by Gasteiger charge is 2.27. The SMILES string of the molecule is O=C(Cc1ccc2ccccc2c1)NNC(=O)CN1C(=O)COc2ccccc21. The van der Waals surface area contributed by atoms with Crippen molar-refractivity contribution in [2.45, 2.75) is 6.42 Å². The second kappa shape index (κ2) is 8.02.